The molecule has 2 fully saturated rings. The zero-order chi connectivity index (χ0) is 16.1. The van der Waals surface area contributed by atoms with E-state index in [1.54, 1.807) is 11.3 Å². The number of hydrogen-bond acceptors (Lipinski definition) is 4. The molecule has 23 heavy (non-hydrogen) atoms. The maximum absolute atomic E-state index is 12.3. The van der Waals surface area contributed by atoms with Crippen LogP contribution < -0.4 is 0 Å². The molecule has 1 atom stereocenters. The molecule has 0 radical (unpaired) electrons. The van der Waals surface area contributed by atoms with Crippen LogP contribution in [0.25, 0.3) is 0 Å². The number of rotatable bonds is 6. The molecule has 1 aromatic heterocycles. The van der Waals surface area contributed by atoms with Gasteiger partial charge < -0.3 is 10.0 Å². The Hall–Kier alpha value is -0.910. The normalized spacial score (nSPS) is 21.7. The van der Waals surface area contributed by atoms with Crippen LogP contribution in [-0.4, -0.2) is 53.5 Å². The zero-order valence-corrected chi connectivity index (χ0v) is 14.6. The molecule has 1 saturated carbocycles. The van der Waals surface area contributed by atoms with Crippen molar-refractivity contribution in [2.75, 3.05) is 32.7 Å². The molecule has 0 bridgehead atoms. The van der Waals surface area contributed by atoms with Gasteiger partial charge in [-0.15, -0.1) is 11.3 Å². The van der Waals surface area contributed by atoms with Crippen LogP contribution in [0, 0.1) is 5.92 Å². The SMILES string of the molecule is O=C(CCC1CCCC1)N1CCN(CC(O)c2cccs2)CC1. The molecule has 1 amide bonds. The van der Waals surface area contributed by atoms with E-state index in [1.165, 1.54) is 25.7 Å². The zero-order valence-electron chi connectivity index (χ0n) is 13.8. The topological polar surface area (TPSA) is 43.8 Å². The Morgan fingerprint density at radius 2 is 2.00 bits per heavy atom. The van der Waals surface area contributed by atoms with Gasteiger partial charge >= 0.3 is 0 Å². The number of β-amino-alcohol motifs (C(OH)–C–C–N with tert-alkyl or cyclic N) is 1. The van der Waals surface area contributed by atoms with Gasteiger partial charge in [-0.1, -0.05) is 31.7 Å². The van der Waals surface area contributed by atoms with Gasteiger partial charge in [0.15, 0.2) is 0 Å². The van der Waals surface area contributed by atoms with Gasteiger partial charge in [0, 0.05) is 44.0 Å². The fourth-order valence-corrected chi connectivity index (χ4v) is 4.48. The Balaban J connectivity index is 1.36. The van der Waals surface area contributed by atoms with E-state index in [9.17, 15) is 9.90 Å². The van der Waals surface area contributed by atoms with Crippen molar-refractivity contribution in [1.82, 2.24) is 9.80 Å². The Bertz CT molecular complexity index is 477. The first-order chi connectivity index (χ1) is 11.2. The Morgan fingerprint density at radius 1 is 1.26 bits per heavy atom. The first-order valence-corrected chi connectivity index (χ1v) is 9.82. The van der Waals surface area contributed by atoms with Crippen molar-refractivity contribution in [3.8, 4) is 0 Å². The molecule has 0 spiro atoms. The van der Waals surface area contributed by atoms with E-state index in [4.69, 9.17) is 0 Å². The van der Waals surface area contributed by atoms with Gasteiger partial charge in [-0.3, -0.25) is 9.69 Å². The minimum atomic E-state index is -0.403. The minimum Gasteiger partial charge on any atom is -0.386 e. The molecule has 128 valence electrons. The van der Waals surface area contributed by atoms with Crippen LogP contribution in [-0.2, 0) is 4.79 Å². The monoisotopic (exact) mass is 336 g/mol. The lowest BCUT2D eigenvalue weighted by atomic mass is 10.0. The van der Waals surface area contributed by atoms with Crippen molar-refractivity contribution in [3.05, 3.63) is 22.4 Å². The second kappa shape index (κ2) is 8.27. The molecular formula is C18H28N2O2S. The van der Waals surface area contributed by atoms with E-state index >= 15 is 0 Å². The maximum Gasteiger partial charge on any atom is 0.222 e. The lowest BCUT2D eigenvalue weighted by Crippen LogP contribution is -2.49. The van der Waals surface area contributed by atoms with Crippen LogP contribution in [0.15, 0.2) is 17.5 Å². The van der Waals surface area contributed by atoms with Gasteiger partial charge in [0.25, 0.3) is 0 Å². The van der Waals surface area contributed by atoms with E-state index < -0.39 is 6.10 Å². The number of carbonyl (C=O) groups is 1. The smallest absolute Gasteiger partial charge is 0.222 e. The Kier molecular flexibility index (Phi) is 6.08. The van der Waals surface area contributed by atoms with Crippen molar-refractivity contribution in [3.63, 3.8) is 0 Å². The summed E-state index contributed by atoms with van der Waals surface area (Å²) < 4.78 is 0. The molecule has 1 unspecified atom stereocenters. The molecule has 2 aliphatic rings. The number of aliphatic hydroxyl groups is 1. The predicted octanol–water partition coefficient (Wildman–Crippen LogP) is 2.90. The number of carbonyl (C=O) groups excluding carboxylic acids is 1. The molecule has 1 aliphatic heterocycles. The third-order valence-electron chi connectivity index (χ3n) is 5.27. The second-order valence-corrected chi connectivity index (χ2v) is 7.88. The van der Waals surface area contributed by atoms with Crippen LogP contribution in [0.4, 0.5) is 0 Å². The van der Waals surface area contributed by atoms with Gasteiger partial charge in [-0.25, -0.2) is 0 Å². The standard InChI is InChI=1S/C18H28N2O2S/c21-16(17-6-3-13-23-17)14-19-9-11-20(12-10-19)18(22)8-7-15-4-1-2-5-15/h3,6,13,15-16,21H,1-2,4-5,7-12,14H2. The fraction of sp³-hybridized carbons (Fsp3) is 0.722. The quantitative estimate of drug-likeness (QED) is 0.869. The van der Waals surface area contributed by atoms with E-state index in [1.807, 2.05) is 22.4 Å². The maximum atomic E-state index is 12.3. The third-order valence-corrected chi connectivity index (χ3v) is 6.24. The van der Waals surface area contributed by atoms with Crippen LogP contribution in [0.3, 0.4) is 0 Å². The van der Waals surface area contributed by atoms with Crippen molar-refractivity contribution in [2.45, 2.75) is 44.6 Å². The molecule has 1 saturated heterocycles. The average molecular weight is 337 g/mol. The molecular weight excluding hydrogens is 308 g/mol. The van der Waals surface area contributed by atoms with Crippen LogP contribution in [0.5, 0.6) is 0 Å². The third kappa shape index (κ3) is 4.78. The number of hydrogen-bond donors (Lipinski definition) is 1. The predicted molar refractivity (Wildman–Crippen MR) is 93.5 cm³/mol. The summed E-state index contributed by atoms with van der Waals surface area (Å²) in [6, 6.07) is 3.96. The molecule has 1 aliphatic carbocycles. The number of nitrogens with zero attached hydrogens (tertiary/aromatic N) is 2. The summed E-state index contributed by atoms with van der Waals surface area (Å²) in [5, 5.41) is 12.2. The van der Waals surface area contributed by atoms with Gasteiger partial charge in [0.1, 0.15) is 6.10 Å². The van der Waals surface area contributed by atoms with Crippen molar-refractivity contribution < 1.29 is 9.90 Å². The molecule has 1 N–H and O–H groups in total. The fourth-order valence-electron chi connectivity index (χ4n) is 3.78. The minimum absolute atomic E-state index is 0.329. The highest BCUT2D eigenvalue weighted by Crippen LogP contribution is 2.28. The molecule has 4 nitrogen and oxygen atoms in total. The summed E-state index contributed by atoms with van der Waals surface area (Å²) in [5.74, 6) is 1.12. The van der Waals surface area contributed by atoms with Crippen LogP contribution in [0.1, 0.15) is 49.5 Å². The summed E-state index contributed by atoms with van der Waals surface area (Å²) >= 11 is 1.60. The number of aliphatic hydroxyl groups excluding tert-OH is 1. The van der Waals surface area contributed by atoms with Crippen LogP contribution in [0.2, 0.25) is 0 Å². The molecule has 0 aromatic carbocycles. The largest absolute Gasteiger partial charge is 0.386 e. The summed E-state index contributed by atoms with van der Waals surface area (Å²) in [4.78, 5) is 17.6. The van der Waals surface area contributed by atoms with E-state index in [2.05, 4.69) is 4.90 Å². The molecule has 1 aromatic rings. The van der Waals surface area contributed by atoms with Crippen molar-refractivity contribution >= 4 is 17.2 Å². The molecule has 3 rings (SSSR count). The number of piperazine rings is 1. The Morgan fingerprint density at radius 3 is 2.65 bits per heavy atom. The van der Waals surface area contributed by atoms with Crippen molar-refractivity contribution in [1.29, 1.82) is 0 Å². The lowest BCUT2D eigenvalue weighted by Gasteiger charge is -2.35. The molecule has 2 heterocycles. The van der Waals surface area contributed by atoms with Crippen molar-refractivity contribution in [2.24, 2.45) is 5.92 Å². The highest BCUT2D eigenvalue weighted by Gasteiger charge is 2.24. The number of amides is 1. The first kappa shape index (κ1) is 16.9. The summed E-state index contributed by atoms with van der Waals surface area (Å²) in [7, 11) is 0. The van der Waals surface area contributed by atoms with Gasteiger partial charge in [-0.2, -0.15) is 0 Å². The Labute approximate surface area is 143 Å². The number of thiophene rings is 1. The van der Waals surface area contributed by atoms with E-state index in [0.717, 1.165) is 49.8 Å². The second-order valence-electron chi connectivity index (χ2n) is 6.90. The highest BCUT2D eigenvalue weighted by atomic mass is 32.1. The molecule has 5 heteroatoms. The lowest BCUT2D eigenvalue weighted by molar-refractivity contribution is -0.133. The summed E-state index contributed by atoms with van der Waals surface area (Å²) in [6.45, 7) is 4.03. The van der Waals surface area contributed by atoms with Gasteiger partial charge in [0.2, 0.25) is 5.91 Å². The van der Waals surface area contributed by atoms with Gasteiger partial charge in [0.05, 0.1) is 0 Å². The van der Waals surface area contributed by atoms with E-state index in [-0.39, 0.29) is 0 Å². The first-order valence-electron chi connectivity index (χ1n) is 8.94. The van der Waals surface area contributed by atoms with E-state index in [0.29, 0.717) is 12.5 Å². The van der Waals surface area contributed by atoms with Gasteiger partial charge in [-0.05, 0) is 23.8 Å². The average Bonchev–Trinajstić information content (AvgIpc) is 3.26. The van der Waals surface area contributed by atoms with Crippen LogP contribution >= 0.6 is 11.3 Å². The summed E-state index contributed by atoms with van der Waals surface area (Å²) in [5.41, 5.74) is 0. The summed E-state index contributed by atoms with van der Waals surface area (Å²) in [6.07, 6.45) is 6.75. The highest BCUT2D eigenvalue weighted by molar-refractivity contribution is 7.10.